The van der Waals surface area contributed by atoms with Crippen molar-refractivity contribution < 1.29 is 4.74 Å². The van der Waals surface area contributed by atoms with Crippen LogP contribution in [0, 0.1) is 5.92 Å². The zero-order valence-electron chi connectivity index (χ0n) is 12.0. The third-order valence-corrected chi connectivity index (χ3v) is 4.00. The molecular weight excluding hydrogens is 220 g/mol. The van der Waals surface area contributed by atoms with Crippen molar-refractivity contribution in [2.75, 3.05) is 13.2 Å². The molecule has 0 amide bonds. The number of rotatable bonds is 3. The molecule has 0 atom stereocenters. The Bertz CT molecular complexity index is 352. The SMILES string of the molecule is CC(C)(C)c1ccc(CCC2CCOCC2)cc1. The van der Waals surface area contributed by atoms with Crippen molar-refractivity contribution in [1.82, 2.24) is 0 Å². The smallest absolute Gasteiger partial charge is 0.0468 e. The Labute approximate surface area is 112 Å². The molecule has 0 spiro atoms. The van der Waals surface area contributed by atoms with Gasteiger partial charge < -0.3 is 4.74 Å². The first kappa shape index (κ1) is 13.6. The van der Waals surface area contributed by atoms with Crippen LogP contribution in [0.2, 0.25) is 0 Å². The summed E-state index contributed by atoms with van der Waals surface area (Å²) in [6.45, 7) is 8.74. The molecule has 2 rings (SSSR count). The molecule has 18 heavy (non-hydrogen) atoms. The molecule has 0 saturated carbocycles. The molecule has 0 unspecified atom stereocenters. The highest BCUT2D eigenvalue weighted by molar-refractivity contribution is 5.27. The van der Waals surface area contributed by atoms with Crippen LogP contribution < -0.4 is 0 Å². The number of benzene rings is 1. The van der Waals surface area contributed by atoms with Gasteiger partial charge in [0.15, 0.2) is 0 Å². The highest BCUT2D eigenvalue weighted by Gasteiger charge is 2.15. The molecule has 0 aliphatic carbocycles. The first-order chi connectivity index (χ1) is 8.55. The van der Waals surface area contributed by atoms with Crippen molar-refractivity contribution in [2.45, 2.75) is 51.9 Å². The first-order valence-electron chi connectivity index (χ1n) is 7.23. The Morgan fingerprint density at radius 3 is 2.22 bits per heavy atom. The fraction of sp³-hybridized carbons (Fsp3) is 0.647. The van der Waals surface area contributed by atoms with Gasteiger partial charge in [-0.2, -0.15) is 0 Å². The van der Waals surface area contributed by atoms with Crippen LogP contribution in [0.3, 0.4) is 0 Å². The fourth-order valence-electron chi connectivity index (χ4n) is 2.58. The van der Waals surface area contributed by atoms with Crippen LogP contribution in [0.4, 0.5) is 0 Å². The molecule has 100 valence electrons. The van der Waals surface area contributed by atoms with E-state index in [0.717, 1.165) is 19.1 Å². The van der Waals surface area contributed by atoms with Crippen LogP contribution in [-0.2, 0) is 16.6 Å². The minimum atomic E-state index is 0.263. The molecule has 1 heteroatoms. The van der Waals surface area contributed by atoms with E-state index in [0.29, 0.717) is 0 Å². The summed E-state index contributed by atoms with van der Waals surface area (Å²) in [5.74, 6) is 0.876. The van der Waals surface area contributed by atoms with Crippen molar-refractivity contribution >= 4 is 0 Å². The van der Waals surface area contributed by atoms with Crippen molar-refractivity contribution in [3.8, 4) is 0 Å². The largest absolute Gasteiger partial charge is 0.381 e. The summed E-state index contributed by atoms with van der Waals surface area (Å²) < 4.78 is 5.40. The highest BCUT2D eigenvalue weighted by atomic mass is 16.5. The van der Waals surface area contributed by atoms with Gasteiger partial charge in [0.2, 0.25) is 0 Å². The van der Waals surface area contributed by atoms with Gasteiger partial charge in [-0.15, -0.1) is 0 Å². The minimum Gasteiger partial charge on any atom is -0.381 e. The van der Waals surface area contributed by atoms with Gasteiger partial charge in [0, 0.05) is 13.2 Å². The Balaban J connectivity index is 1.86. The lowest BCUT2D eigenvalue weighted by atomic mass is 9.86. The van der Waals surface area contributed by atoms with E-state index in [2.05, 4.69) is 45.0 Å². The minimum absolute atomic E-state index is 0.263. The van der Waals surface area contributed by atoms with Gasteiger partial charge in [-0.05, 0) is 48.1 Å². The molecule has 1 aliphatic heterocycles. The van der Waals surface area contributed by atoms with Gasteiger partial charge in [-0.3, -0.25) is 0 Å². The first-order valence-corrected chi connectivity index (χ1v) is 7.23. The molecule has 0 N–H and O–H groups in total. The third-order valence-electron chi connectivity index (χ3n) is 4.00. The van der Waals surface area contributed by atoms with Gasteiger partial charge in [0.05, 0.1) is 0 Å². The van der Waals surface area contributed by atoms with Crippen LogP contribution in [0.15, 0.2) is 24.3 Å². The Hall–Kier alpha value is -0.820. The van der Waals surface area contributed by atoms with Gasteiger partial charge in [-0.25, -0.2) is 0 Å². The van der Waals surface area contributed by atoms with E-state index in [1.165, 1.54) is 36.8 Å². The molecule has 0 aromatic heterocycles. The molecular formula is C17H26O. The molecule has 1 aliphatic rings. The summed E-state index contributed by atoms with van der Waals surface area (Å²) in [6.07, 6.45) is 5.04. The summed E-state index contributed by atoms with van der Waals surface area (Å²) in [4.78, 5) is 0. The Morgan fingerprint density at radius 2 is 1.67 bits per heavy atom. The lowest BCUT2D eigenvalue weighted by Gasteiger charge is -2.22. The van der Waals surface area contributed by atoms with E-state index in [-0.39, 0.29) is 5.41 Å². The van der Waals surface area contributed by atoms with Crippen LogP contribution in [0.25, 0.3) is 0 Å². The second-order valence-corrected chi connectivity index (χ2v) is 6.54. The predicted molar refractivity (Wildman–Crippen MR) is 77.0 cm³/mol. The number of ether oxygens (including phenoxy) is 1. The second kappa shape index (κ2) is 5.88. The average molecular weight is 246 g/mol. The molecule has 0 bridgehead atoms. The summed E-state index contributed by atoms with van der Waals surface area (Å²) in [5.41, 5.74) is 3.17. The van der Waals surface area contributed by atoms with E-state index < -0.39 is 0 Å². The Morgan fingerprint density at radius 1 is 1.06 bits per heavy atom. The highest BCUT2D eigenvalue weighted by Crippen LogP contribution is 2.24. The van der Waals surface area contributed by atoms with E-state index in [4.69, 9.17) is 4.74 Å². The zero-order valence-corrected chi connectivity index (χ0v) is 12.0. The molecule has 0 radical (unpaired) electrons. The molecule has 1 saturated heterocycles. The number of hydrogen-bond acceptors (Lipinski definition) is 1. The zero-order chi connectivity index (χ0) is 13.0. The summed E-state index contributed by atoms with van der Waals surface area (Å²) >= 11 is 0. The van der Waals surface area contributed by atoms with E-state index in [9.17, 15) is 0 Å². The van der Waals surface area contributed by atoms with Crippen LogP contribution in [0.1, 0.15) is 51.2 Å². The third kappa shape index (κ3) is 3.84. The molecule has 1 aromatic carbocycles. The lowest BCUT2D eigenvalue weighted by Crippen LogP contribution is -2.16. The number of hydrogen-bond donors (Lipinski definition) is 0. The van der Waals surface area contributed by atoms with Crippen LogP contribution in [0.5, 0.6) is 0 Å². The van der Waals surface area contributed by atoms with Crippen LogP contribution >= 0.6 is 0 Å². The quantitative estimate of drug-likeness (QED) is 0.770. The number of aryl methyl sites for hydroxylation is 1. The topological polar surface area (TPSA) is 9.23 Å². The average Bonchev–Trinajstić information content (AvgIpc) is 2.37. The normalized spacial score (nSPS) is 17.9. The summed E-state index contributed by atoms with van der Waals surface area (Å²) in [6, 6.07) is 9.19. The van der Waals surface area contributed by atoms with Crippen molar-refractivity contribution in [3.63, 3.8) is 0 Å². The maximum absolute atomic E-state index is 5.40. The molecule has 1 heterocycles. The fourth-order valence-corrected chi connectivity index (χ4v) is 2.58. The predicted octanol–water partition coefficient (Wildman–Crippen LogP) is 4.34. The van der Waals surface area contributed by atoms with Gasteiger partial charge in [0.25, 0.3) is 0 Å². The van der Waals surface area contributed by atoms with Crippen molar-refractivity contribution in [2.24, 2.45) is 5.92 Å². The maximum Gasteiger partial charge on any atom is 0.0468 e. The molecule has 1 fully saturated rings. The molecule has 1 nitrogen and oxygen atoms in total. The summed E-state index contributed by atoms with van der Waals surface area (Å²) in [7, 11) is 0. The lowest BCUT2D eigenvalue weighted by molar-refractivity contribution is 0.0640. The van der Waals surface area contributed by atoms with Crippen molar-refractivity contribution in [3.05, 3.63) is 35.4 Å². The monoisotopic (exact) mass is 246 g/mol. The molecule has 1 aromatic rings. The summed E-state index contributed by atoms with van der Waals surface area (Å²) in [5, 5.41) is 0. The van der Waals surface area contributed by atoms with Gasteiger partial charge in [0.1, 0.15) is 0 Å². The Kier molecular flexibility index (Phi) is 4.45. The van der Waals surface area contributed by atoms with E-state index >= 15 is 0 Å². The maximum atomic E-state index is 5.40. The van der Waals surface area contributed by atoms with E-state index in [1.54, 1.807) is 0 Å². The van der Waals surface area contributed by atoms with Gasteiger partial charge >= 0.3 is 0 Å². The van der Waals surface area contributed by atoms with Crippen molar-refractivity contribution in [1.29, 1.82) is 0 Å². The van der Waals surface area contributed by atoms with Crippen LogP contribution in [-0.4, -0.2) is 13.2 Å². The standard InChI is InChI=1S/C17H26O/c1-17(2,3)16-8-6-14(7-9-16)4-5-15-10-12-18-13-11-15/h6-9,15H,4-5,10-13H2,1-3H3. The second-order valence-electron chi connectivity index (χ2n) is 6.54. The van der Waals surface area contributed by atoms with E-state index in [1.807, 2.05) is 0 Å². The van der Waals surface area contributed by atoms with Gasteiger partial charge in [-0.1, -0.05) is 45.0 Å².